The molecule has 1 fully saturated rings. The van der Waals surface area contributed by atoms with Crippen molar-refractivity contribution in [2.75, 3.05) is 34.2 Å². The van der Waals surface area contributed by atoms with E-state index < -0.39 is 17.5 Å². The van der Waals surface area contributed by atoms with Crippen LogP contribution in [0.1, 0.15) is 30.1 Å². The number of carbonyl (C=O) groups excluding carboxylic acids is 1. The van der Waals surface area contributed by atoms with Crippen LogP contribution in [0.15, 0.2) is 65.9 Å². The molecule has 2 aromatic rings. The summed E-state index contributed by atoms with van der Waals surface area (Å²) in [6.45, 7) is 10.6. The van der Waals surface area contributed by atoms with Gasteiger partial charge in [-0.15, -0.1) is 0 Å². The minimum atomic E-state index is -0.677. The second-order valence-electron chi connectivity index (χ2n) is 9.04. The molecule has 196 valence electrons. The Labute approximate surface area is 216 Å². The fourth-order valence-electron chi connectivity index (χ4n) is 4.63. The summed E-state index contributed by atoms with van der Waals surface area (Å²) in [6.07, 6.45) is 6.73. The highest BCUT2D eigenvalue weighted by molar-refractivity contribution is 5.97. The Balaban J connectivity index is 1.91. The number of benzene rings is 1. The topological polar surface area (TPSA) is 61.3 Å². The van der Waals surface area contributed by atoms with Gasteiger partial charge in [0.15, 0.2) is 11.6 Å². The number of hydrogen-bond acceptors (Lipinski definition) is 6. The van der Waals surface area contributed by atoms with E-state index in [2.05, 4.69) is 33.1 Å². The van der Waals surface area contributed by atoms with Crippen molar-refractivity contribution in [3.05, 3.63) is 82.9 Å². The van der Waals surface area contributed by atoms with E-state index in [1.54, 1.807) is 17.2 Å². The summed E-state index contributed by atoms with van der Waals surface area (Å²) < 4.78 is 26.3. The van der Waals surface area contributed by atoms with E-state index in [0.717, 1.165) is 28.6 Å². The number of rotatable bonds is 8. The van der Waals surface area contributed by atoms with E-state index in [4.69, 9.17) is 0 Å². The first-order chi connectivity index (χ1) is 17.7. The third-order valence-corrected chi connectivity index (χ3v) is 6.61. The van der Waals surface area contributed by atoms with Crippen LogP contribution in [0.2, 0.25) is 0 Å². The molecule has 1 saturated heterocycles. The van der Waals surface area contributed by atoms with Gasteiger partial charge in [-0.05, 0) is 56.3 Å². The molecule has 0 N–H and O–H groups in total. The first-order valence-electron chi connectivity index (χ1n) is 12.0. The Morgan fingerprint density at radius 1 is 1.24 bits per heavy atom. The van der Waals surface area contributed by atoms with Crippen molar-refractivity contribution >= 4 is 24.0 Å². The largest absolute Gasteiger partial charge is 0.377 e. The maximum absolute atomic E-state index is 13.4. The zero-order chi connectivity index (χ0) is 27.1. The predicted molar refractivity (Wildman–Crippen MR) is 142 cm³/mol. The van der Waals surface area contributed by atoms with Gasteiger partial charge in [0.05, 0.1) is 5.56 Å². The lowest BCUT2D eigenvalue weighted by molar-refractivity contribution is -0.00805. The number of aliphatic imine (C=N–C) groups is 1. The van der Waals surface area contributed by atoms with Crippen LogP contribution in [-0.4, -0.2) is 72.6 Å². The molecule has 9 heteroatoms. The van der Waals surface area contributed by atoms with Crippen LogP contribution in [0, 0.1) is 5.82 Å². The van der Waals surface area contributed by atoms with Gasteiger partial charge in [0.25, 0.3) is 5.91 Å². The van der Waals surface area contributed by atoms with E-state index in [-0.39, 0.29) is 11.6 Å². The highest BCUT2D eigenvalue weighted by Crippen LogP contribution is 2.25. The van der Waals surface area contributed by atoms with Gasteiger partial charge in [-0.2, -0.15) is 0 Å². The molecule has 2 heterocycles. The molecule has 1 aromatic carbocycles. The van der Waals surface area contributed by atoms with Gasteiger partial charge in [-0.3, -0.25) is 14.7 Å². The molecule has 3 rings (SSSR count). The Bertz CT molecular complexity index is 1310. The lowest BCUT2D eigenvalue weighted by atomic mass is 10.0. The maximum Gasteiger partial charge on any atom is 0.257 e. The van der Waals surface area contributed by atoms with Crippen molar-refractivity contribution < 1.29 is 18.7 Å². The zero-order valence-electron chi connectivity index (χ0n) is 21.7. The fraction of sp³-hybridized carbons (Fsp3) is 0.321. The van der Waals surface area contributed by atoms with Crippen LogP contribution in [-0.2, 0) is 0 Å². The number of carbonyl (C=O) groups is 1. The summed E-state index contributed by atoms with van der Waals surface area (Å²) in [6, 6.07) is 7.18. The minimum absolute atomic E-state index is 0.0101. The third-order valence-electron chi connectivity index (χ3n) is 6.61. The highest BCUT2D eigenvalue weighted by Gasteiger charge is 2.29. The molecule has 0 unspecified atom stereocenters. The monoisotopic (exact) mass is 509 g/mol. The van der Waals surface area contributed by atoms with Crippen LogP contribution in [0.5, 0.6) is 5.75 Å². The molecule has 0 atom stereocenters. The minimum Gasteiger partial charge on any atom is -0.377 e. The predicted octanol–water partition coefficient (Wildman–Crippen LogP) is 3.29. The summed E-state index contributed by atoms with van der Waals surface area (Å²) in [4.78, 5) is 31.4. The van der Waals surface area contributed by atoms with Crippen molar-refractivity contribution in [2.45, 2.75) is 25.8 Å². The number of nitrogens with zero attached hydrogens (tertiary/aromatic N) is 5. The average molecular weight is 510 g/mol. The Kier molecular flexibility index (Phi) is 9.16. The van der Waals surface area contributed by atoms with Crippen molar-refractivity contribution in [3.63, 3.8) is 0 Å². The van der Waals surface area contributed by atoms with Gasteiger partial charge in [0, 0.05) is 68.0 Å². The lowest BCUT2D eigenvalue weighted by Gasteiger charge is -2.37. The molecule has 1 amide bonds. The lowest BCUT2D eigenvalue weighted by Crippen LogP contribution is -2.47. The first kappa shape index (κ1) is 27.6. The Morgan fingerprint density at radius 3 is 2.54 bits per heavy atom. The number of piperidine rings is 1. The number of likely N-dealkylation sites (tertiary alicyclic amines) is 1. The highest BCUT2D eigenvalue weighted by atomic mass is 19.3. The summed E-state index contributed by atoms with van der Waals surface area (Å²) in [5, 5.41) is 1.64. The number of halogens is 2. The molecular formula is C28H33F2N5O2. The van der Waals surface area contributed by atoms with Gasteiger partial charge in [-0.25, -0.2) is 9.38 Å². The number of amides is 1. The Morgan fingerprint density at radius 2 is 1.95 bits per heavy atom. The maximum atomic E-state index is 13.4. The van der Waals surface area contributed by atoms with E-state index in [0.29, 0.717) is 37.1 Å². The van der Waals surface area contributed by atoms with Crippen molar-refractivity contribution in [1.29, 1.82) is 0 Å². The van der Waals surface area contributed by atoms with Crippen LogP contribution >= 0.6 is 0 Å². The van der Waals surface area contributed by atoms with E-state index >= 15 is 0 Å². The van der Waals surface area contributed by atoms with Gasteiger partial charge >= 0.3 is 0 Å². The van der Waals surface area contributed by atoms with Crippen molar-refractivity contribution in [3.8, 4) is 5.75 Å². The van der Waals surface area contributed by atoms with Gasteiger partial charge in [-0.1, -0.05) is 18.7 Å². The molecule has 37 heavy (non-hydrogen) atoms. The molecule has 1 aliphatic rings. The van der Waals surface area contributed by atoms with Gasteiger partial charge < -0.3 is 14.7 Å². The second-order valence-corrected chi connectivity index (χ2v) is 9.04. The summed E-state index contributed by atoms with van der Waals surface area (Å²) in [5.74, 6) is -0.860. The summed E-state index contributed by atoms with van der Waals surface area (Å²) >= 11 is 0. The molecule has 0 bridgehead atoms. The molecule has 1 aliphatic heterocycles. The fourth-order valence-corrected chi connectivity index (χ4v) is 4.63. The quantitative estimate of drug-likeness (QED) is 0.404. The van der Waals surface area contributed by atoms with Gasteiger partial charge in [0.2, 0.25) is 0 Å². The molecule has 0 spiro atoms. The van der Waals surface area contributed by atoms with E-state index in [1.165, 1.54) is 6.07 Å². The first-order valence-corrected chi connectivity index (χ1v) is 12.0. The smallest absolute Gasteiger partial charge is 0.257 e. The van der Waals surface area contributed by atoms with Crippen molar-refractivity contribution in [2.24, 2.45) is 4.99 Å². The van der Waals surface area contributed by atoms with Crippen LogP contribution in [0.25, 0.3) is 11.4 Å². The van der Waals surface area contributed by atoms with Crippen LogP contribution in [0.4, 0.5) is 8.92 Å². The average Bonchev–Trinajstić information content (AvgIpc) is 2.91. The summed E-state index contributed by atoms with van der Waals surface area (Å²) in [7, 11) is 5.89. The molecule has 0 radical (unpaired) electrons. The van der Waals surface area contributed by atoms with Crippen LogP contribution in [0.3, 0.4) is 0 Å². The summed E-state index contributed by atoms with van der Waals surface area (Å²) in [5.41, 5.74) is 2.01. The molecule has 1 aromatic heterocycles. The van der Waals surface area contributed by atoms with E-state index in [1.807, 2.05) is 51.2 Å². The molecular weight excluding hydrogens is 476 g/mol. The number of pyridine rings is 1. The molecule has 0 saturated carbocycles. The Hall–Kier alpha value is -4.01. The van der Waals surface area contributed by atoms with E-state index in [9.17, 15) is 13.7 Å². The number of allylic oxidation sites excluding steroid dienone is 3. The SMILES string of the molecule is C=C/C=C(/C(C)=c1\cccn\c1=C(\N=C)N(C)C1CCN(C(=O)c2ccc(F)cc2OF)CC1)N(C)C. The molecule has 7 nitrogen and oxygen atoms in total. The van der Waals surface area contributed by atoms with Crippen molar-refractivity contribution in [1.82, 2.24) is 19.7 Å². The standard InChI is InChI=1S/C28H33F2N5O2/c1-7-9-24(33(4)5)19(2)22-10-8-15-32-26(22)27(31-3)34(6)21-13-16-35(17-14-21)28(36)23-12-11-20(29)18-25(23)37-30/h7-12,15,18,21H,1,3,13-14,16-17H2,2,4-6H3/b22-19+,24-9-,27-26-. The zero-order valence-corrected chi connectivity index (χ0v) is 21.7. The van der Waals surface area contributed by atoms with Gasteiger partial charge in [0.1, 0.15) is 11.2 Å². The van der Waals surface area contributed by atoms with Crippen LogP contribution < -0.4 is 15.5 Å². The number of aromatic nitrogens is 1. The number of hydrogen-bond donors (Lipinski definition) is 0. The second kappa shape index (κ2) is 12.3. The molecule has 0 aliphatic carbocycles. The normalized spacial score (nSPS) is 16.1. The third kappa shape index (κ3) is 6.04.